The number of hydrogen-bond donors (Lipinski definition) is 1. The van der Waals surface area contributed by atoms with Gasteiger partial charge in [0.25, 0.3) is 0 Å². The second-order valence-electron chi connectivity index (χ2n) is 5.67. The van der Waals surface area contributed by atoms with Crippen molar-refractivity contribution >= 4 is 11.8 Å². The van der Waals surface area contributed by atoms with Crippen molar-refractivity contribution in [1.82, 2.24) is 4.98 Å². The van der Waals surface area contributed by atoms with E-state index in [0.29, 0.717) is 18.0 Å². The van der Waals surface area contributed by atoms with Gasteiger partial charge in [-0.15, -0.1) is 0 Å². The fourth-order valence-electron chi connectivity index (χ4n) is 2.70. The highest BCUT2D eigenvalue weighted by molar-refractivity contribution is 5.89. The molecular weight excluding hydrogens is 299 g/mol. The van der Waals surface area contributed by atoms with E-state index in [1.54, 1.807) is 25.1 Å². The SMILES string of the molecule is Cc1nc2c(cc1Cc1ccc(F)cc1)N(C(=O)O)C(C)CO2. The van der Waals surface area contributed by atoms with Gasteiger partial charge in [0.2, 0.25) is 5.88 Å². The van der Waals surface area contributed by atoms with Gasteiger partial charge in [0, 0.05) is 5.69 Å². The third kappa shape index (κ3) is 2.97. The van der Waals surface area contributed by atoms with Crippen LogP contribution in [0, 0.1) is 12.7 Å². The third-order valence-electron chi connectivity index (χ3n) is 3.94. The molecule has 0 bridgehead atoms. The smallest absolute Gasteiger partial charge is 0.412 e. The van der Waals surface area contributed by atoms with E-state index in [4.69, 9.17) is 4.74 Å². The Morgan fingerprint density at radius 1 is 1.43 bits per heavy atom. The van der Waals surface area contributed by atoms with Crippen molar-refractivity contribution in [2.75, 3.05) is 11.5 Å². The number of amides is 1. The number of nitrogens with zero attached hydrogens (tertiary/aromatic N) is 2. The normalized spacial score (nSPS) is 16.7. The van der Waals surface area contributed by atoms with E-state index >= 15 is 0 Å². The van der Waals surface area contributed by atoms with Crippen LogP contribution < -0.4 is 9.64 Å². The summed E-state index contributed by atoms with van der Waals surface area (Å²) in [6, 6.07) is 7.76. The minimum Gasteiger partial charge on any atom is -0.474 e. The number of ether oxygens (including phenoxy) is 1. The first-order chi connectivity index (χ1) is 11.0. The van der Waals surface area contributed by atoms with Crippen molar-refractivity contribution in [2.24, 2.45) is 0 Å². The zero-order chi connectivity index (χ0) is 16.6. The molecule has 1 aliphatic heterocycles. The molecule has 3 rings (SSSR count). The molecular formula is C17H17FN2O3. The van der Waals surface area contributed by atoms with Crippen molar-refractivity contribution in [3.8, 4) is 5.88 Å². The lowest BCUT2D eigenvalue weighted by Crippen LogP contribution is -2.44. The highest BCUT2D eigenvalue weighted by Crippen LogP contribution is 2.34. The summed E-state index contributed by atoms with van der Waals surface area (Å²) in [5.74, 6) is 0.0548. The van der Waals surface area contributed by atoms with Crippen molar-refractivity contribution in [3.63, 3.8) is 0 Å². The first kappa shape index (κ1) is 15.3. The average Bonchev–Trinajstić information content (AvgIpc) is 2.50. The Morgan fingerprint density at radius 3 is 2.78 bits per heavy atom. The van der Waals surface area contributed by atoms with Gasteiger partial charge in [-0.1, -0.05) is 12.1 Å². The predicted molar refractivity (Wildman–Crippen MR) is 83.6 cm³/mol. The number of anilines is 1. The second kappa shape index (κ2) is 5.87. The molecule has 1 atom stereocenters. The van der Waals surface area contributed by atoms with Gasteiger partial charge in [-0.25, -0.2) is 14.2 Å². The number of hydrogen-bond acceptors (Lipinski definition) is 3. The zero-order valence-corrected chi connectivity index (χ0v) is 12.9. The van der Waals surface area contributed by atoms with Crippen molar-refractivity contribution < 1.29 is 19.0 Å². The molecule has 2 heterocycles. The predicted octanol–water partition coefficient (Wildman–Crippen LogP) is 3.39. The van der Waals surface area contributed by atoms with Crippen LogP contribution >= 0.6 is 0 Å². The van der Waals surface area contributed by atoms with Gasteiger partial charge < -0.3 is 9.84 Å². The number of carbonyl (C=O) groups is 1. The summed E-state index contributed by atoms with van der Waals surface area (Å²) >= 11 is 0. The van der Waals surface area contributed by atoms with E-state index in [-0.39, 0.29) is 18.5 Å². The lowest BCUT2D eigenvalue weighted by atomic mass is 10.0. The summed E-state index contributed by atoms with van der Waals surface area (Å²) in [6.45, 7) is 3.92. The number of benzene rings is 1. The third-order valence-corrected chi connectivity index (χ3v) is 3.94. The Balaban J connectivity index is 1.99. The monoisotopic (exact) mass is 316 g/mol. The van der Waals surface area contributed by atoms with E-state index in [1.165, 1.54) is 17.0 Å². The lowest BCUT2D eigenvalue weighted by molar-refractivity contribution is 0.188. The Hall–Kier alpha value is -2.63. The zero-order valence-electron chi connectivity index (χ0n) is 12.9. The molecule has 0 saturated carbocycles. The standard InChI is InChI=1S/C17H17FN2O3/c1-10-9-23-16-15(20(10)17(21)22)8-13(11(2)19-16)7-12-3-5-14(18)6-4-12/h3-6,8,10H,7,9H2,1-2H3,(H,21,22). The van der Waals surface area contributed by atoms with E-state index in [2.05, 4.69) is 4.98 Å². The molecule has 6 heteroatoms. The molecule has 0 fully saturated rings. The van der Waals surface area contributed by atoms with E-state index in [9.17, 15) is 14.3 Å². The molecule has 1 aromatic heterocycles. The molecule has 120 valence electrons. The number of pyridine rings is 1. The van der Waals surface area contributed by atoms with Crippen LogP contribution in [0.5, 0.6) is 5.88 Å². The molecule has 1 unspecified atom stereocenters. The van der Waals surface area contributed by atoms with Gasteiger partial charge in [0.15, 0.2) is 0 Å². The first-order valence-corrected chi connectivity index (χ1v) is 7.35. The molecule has 1 aliphatic rings. The van der Waals surface area contributed by atoms with Crippen LogP contribution in [0.25, 0.3) is 0 Å². The second-order valence-corrected chi connectivity index (χ2v) is 5.67. The summed E-state index contributed by atoms with van der Waals surface area (Å²) < 4.78 is 18.6. The van der Waals surface area contributed by atoms with Crippen LogP contribution in [0.1, 0.15) is 23.7 Å². The fraction of sp³-hybridized carbons (Fsp3) is 0.294. The maximum atomic E-state index is 13.0. The Kier molecular flexibility index (Phi) is 3.90. The maximum Gasteiger partial charge on any atom is 0.412 e. The van der Waals surface area contributed by atoms with E-state index in [1.807, 2.05) is 6.92 Å². The summed E-state index contributed by atoms with van der Waals surface area (Å²) in [4.78, 5) is 17.2. The van der Waals surface area contributed by atoms with Crippen LogP contribution in [0.4, 0.5) is 14.9 Å². The summed E-state index contributed by atoms with van der Waals surface area (Å²) in [5.41, 5.74) is 3.05. The molecule has 1 aromatic carbocycles. The van der Waals surface area contributed by atoms with Crippen LogP contribution in [0.3, 0.4) is 0 Å². The highest BCUT2D eigenvalue weighted by Gasteiger charge is 2.31. The molecule has 2 aromatic rings. The summed E-state index contributed by atoms with van der Waals surface area (Å²) in [7, 11) is 0. The average molecular weight is 316 g/mol. The van der Waals surface area contributed by atoms with Crippen LogP contribution in [-0.4, -0.2) is 28.8 Å². The topological polar surface area (TPSA) is 62.7 Å². The van der Waals surface area contributed by atoms with Gasteiger partial charge >= 0.3 is 6.09 Å². The number of rotatable bonds is 2. The Labute approximate surface area is 133 Å². The number of aryl methyl sites for hydroxylation is 1. The molecule has 1 N–H and O–H groups in total. The largest absolute Gasteiger partial charge is 0.474 e. The molecule has 23 heavy (non-hydrogen) atoms. The molecule has 1 amide bonds. The van der Waals surface area contributed by atoms with Crippen molar-refractivity contribution in [2.45, 2.75) is 26.3 Å². The molecule has 0 saturated heterocycles. The van der Waals surface area contributed by atoms with Crippen LogP contribution in [0.2, 0.25) is 0 Å². The molecule has 5 nitrogen and oxygen atoms in total. The molecule has 0 spiro atoms. The van der Waals surface area contributed by atoms with Gasteiger partial charge in [0.1, 0.15) is 18.1 Å². The van der Waals surface area contributed by atoms with Gasteiger partial charge in [-0.05, 0) is 49.6 Å². The van der Waals surface area contributed by atoms with E-state index in [0.717, 1.165) is 16.8 Å². The number of fused-ring (bicyclic) bond motifs is 1. The van der Waals surface area contributed by atoms with E-state index < -0.39 is 6.09 Å². The highest BCUT2D eigenvalue weighted by atomic mass is 19.1. The minimum absolute atomic E-state index is 0.275. The molecule has 0 aliphatic carbocycles. The number of carboxylic acid groups (broad SMARTS) is 1. The number of halogens is 1. The van der Waals surface area contributed by atoms with Crippen LogP contribution in [0.15, 0.2) is 30.3 Å². The lowest BCUT2D eigenvalue weighted by Gasteiger charge is -2.32. The van der Waals surface area contributed by atoms with Gasteiger partial charge in [-0.3, -0.25) is 4.90 Å². The number of aromatic nitrogens is 1. The van der Waals surface area contributed by atoms with Crippen molar-refractivity contribution in [3.05, 3.63) is 53.0 Å². The Bertz CT molecular complexity index is 746. The van der Waals surface area contributed by atoms with Crippen molar-refractivity contribution in [1.29, 1.82) is 0 Å². The maximum absolute atomic E-state index is 13.0. The Morgan fingerprint density at radius 2 is 2.13 bits per heavy atom. The summed E-state index contributed by atoms with van der Waals surface area (Å²) in [5, 5.41) is 9.44. The first-order valence-electron chi connectivity index (χ1n) is 7.35. The minimum atomic E-state index is -1.03. The van der Waals surface area contributed by atoms with Crippen LogP contribution in [-0.2, 0) is 6.42 Å². The quantitative estimate of drug-likeness (QED) is 0.922. The summed E-state index contributed by atoms with van der Waals surface area (Å²) in [6.07, 6.45) is -0.478. The van der Waals surface area contributed by atoms with Gasteiger partial charge in [0.05, 0.1) is 6.04 Å². The van der Waals surface area contributed by atoms with Gasteiger partial charge in [-0.2, -0.15) is 0 Å². The molecule has 0 radical (unpaired) electrons. The fourth-order valence-corrected chi connectivity index (χ4v) is 2.70.